The molecule has 1 amide bonds. The molecule has 19 heavy (non-hydrogen) atoms. The van der Waals surface area contributed by atoms with E-state index in [2.05, 4.69) is 10.3 Å². The highest BCUT2D eigenvalue weighted by molar-refractivity contribution is 5.92. The molecule has 0 aliphatic carbocycles. The van der Waals surface area contributed by atoms with Gasteiger partial charge in [0.1, 0.15) is 5.82 Å². The van der Waals surface area contributed by atoms with Gasteiger partial charge in [0.15, 0.2) is 0 Å². The van der Waals surface area contributed by atoms with E-state index in [-0.39, 0.29) is 5.56 Å². The molecule has 0 aliphatic heterocycles. The molecule has 0 atom stereocenters. The normalized spacial score (nSPS) is 10.4. The molecular formula is C14H14FN3O. The number of carbonyl (C=O) groups excluding carboxylic acids is 1. The lowest BCUT2D eigenvalue weighted by Gasteiger charge is -2.06. The largest absolute Gasteiger partial charge is 0.366 e. The number of primary amides is 1. The summed E-state index contributed by atoms with van der Waals surface area (Å²) >= 11 is 0. The van der Waals surface area contributed by atoms with Crippen molar-refractivity contribution >= 4 is 5.91 Å². The Bertz CT molecular complexity index is 572. The zero-order valence-corrected chi connectivity index (χ0v) is 10.3. The van der Waals surface area contributed by atoms with Crippen LogP contribution in [0.15, 0.2) is 42.6 Å². The third-order valence-electron chi connectivity index (χ3n) is 2.69. The van der Waals surface area contributed by atoms with Gasteiger partial charge in [0.2, 0.25) is 5.91 Å². The molecule has 2 aromatic rings. The lowest BCUT2D eigenvalue weighted by molar-refractivity contribution is 0.1000. The van der Waals surface area contributed by atoms with Crippen LogP contribution in [-0.4, -0.2) is 10.9 Å². The van der Waals surface area contributed by atoms with Crippen LogP contribution in [0.2, 0.25) is 0 Å². The molecule has 5 heteroatoms. The first-order valence-corrected chi connectivity index (χ1v) is 5.85. The minimum atomic E-state index is -0.633. The molecule has 1 aromatic heterocycles. The van der Waals surface area contributed by atoms with Gasteiger partial charge in [-0.1, -0.05) is 12.1 Å². The fourth-order valence-corrected chi connectivity index (χ4v) is 1.67. The van der Waals surface area contributed by atoms with Crippen LogP contribution < -0.4 is 11.1 Å². The third kappa shape index (κ3) is 3.59. The van der Waals surface area contributed by atoms with E-state index in [4.69, 9.17) is 5.73 Å². The quantitative estimate of drug-likeness (QED) is 0.857. The number of nitrogens with two attached hydrogens (primary N) is 1. The molecule has 0 saturated heterocycles. The molecule has 0 unspecified atom stereocenters. The molecule has 0 radical (unpaired) electrons. The number of carbonyl (C=O) groups is 1. The van der Waals surface area contributed by atoms with E-state index in [1.807, 2.05) is 18.2 Å². The zero-order valence-electron chi connectivity index (χ0n) is 10.3. The monoisotopic (exact) mass is 259 g/mol. The number of nitrogens with zero attached hydrogens (tertiary/aromatic N) is 1. The summed E-state index contributed by atoms with van der Waals surface area (Å²) in [7, 11) is 0. The van der Waals surface area contributed by atoms with E-state index >= 15 is 0 Å². The predicted molar refractivity (Wildman–Crippen MR) is 69.7 cm³/mol. The van der Waals surface area contributed by atoms with Crippen molar-refractivity contribution in [2.45, 2.75) is 13.1 Å². The molecule has 1 heterocycles. The van der Waals surface area contributed by atoms with Crippen molar-refractivity contribution in [3.05, 3.63) is 65.2 Å². The first-order valence-electron chi connectivity index (χ1n) is 5.85. The Morgan fingerprint density at radius 3 is 2.74 bits per heavy atom. The number of benzene rings is 1. The molecule has 0 fully saturated rings. The second kappa shape index (κ2) is 6.06. The standard InChI is InChI=1S/C14H14FN3O/c15-13-7-10(14(16)19)4-5-11(13)8-17-9-12-3-1-2-6-18-12/h1-7,17H,8-9H2,(H2,16,19). The van der Waals surface area contributed by atoms with Gasteiger partial charge in [-0.15, -0.1) is 0 Å². The van der Waals surface area contributed by atoms with E-state index in [0.717, 1.165) is 11.8 Å². The Kier molecular flexibility index (Phi) is 4.20. The average molecular weight is 259 g/mol. The molecule has 2 rings (SSSR count). The van der Waals surface area contributed by atoms with Gasteiger partial charge in [0.25, 0.3) is 0 Å². The maximum absolute atomic E-state index is 13.7. The number of nitrogens with one attached hydrogen (secondary N) is 1. The average Bonchev–Trinajstić information content (AvgIpc) is 2.41. The van der Waals surface area contributed by atoms with Gasteiger partial charge in [-0.05, 0) is 24.3 Å². The highest BCUT2D eigenvalue weighted by atomic mass is 19.1. The number of halogens is 1. The molecule has 98 valence electrons. The van der Waals surface area contributed by atoms with Gasteiger partial charge < -0.3 is 11.1 Å². The Morgan fingerprint density at radius 2 is 2.11 bits per heavy atom. The SMILES string of the molecule is NC(=O)c1ccc(CNCc2ccccn2)c(F)c1. The number of hydrogen-bond donors (Lipinski definition) is 2. The van der Waals surface area contributed by atoms with E-state index in [9.17, 15) is 9.18 Å². The van der Waals surface area contributed by atoms with Gasteiger partial charge in [-0.3, -0.25) is 9.78 Å². The fraction of sp³-hybridized carbons (Fsp3) is 0.143. The highest BCUT2D eigenvalue weighted by Crippen LogP contribution is 2.10. The lowest BCUT2D eigenvalue weighted by atomic mass is 10.1. The second-order valence-corrected chi connectivity index (χ2v) is 4.10. The van der Waals surface area contributed by atoms with Crippen molar-refractivity contribution in [1.29, 1.82) is 0 Å². The van der Waals surface area contributed by atoms with Crippen molar-refractivity contribution < 1.29 is 9.18 Å². The van der Waals surface area contributed by atoms with Crippen molar-refractivity contribution in [3.63, 3.8) is 0 Å². The van der Waals surface area contributed by atoms with Crippen molar-refractivity contribution in [2.75, 3.05) is 0 Å². The van der Waals surface area contributed by atoms with Crippen LogP contribution in [0.5, 0.6) is 0 Å². The summed E-state index contributed by atoms with van der Waals surface area (Å²) in [6, 6.07) is 9.85. The van der Waals surface area contributed by atoms with Crippen LogP contribution in [-0.2, 0) is 13.1 Å². The first-order chi connectivity index (χ1) is 9.16. The fourth-order valence-electron chi connectivity index (χ4n) is 1.67. The summed E-state index contributed by atoms with van der Waals surface area (Å²) in [6.45, 7) is 0.916. The summed E-state index contributed by atoms with van der Waals surface area (Å²) in [5.41, 5.74) is 6.62. The summed E-state index contributed by atoms with van der Waals surface area (Å²) in [5.74, 6) is -1.07. The van der Waals surface area contributed by atoms with Crippen LogP contribution in [0, 0.1) is 5.82 Å². The Balaban J connectivity index is 1.95. The van der Waals surface area contributed by atoms with Gasteiger partial charge in [-0.25, -0.2) is 4.39 Å². The Hall–Kier alpha value is -2.27. The van der Waals surface area contributed by atoms with Crippen LogP contribution in [0.1, 0.15) is 21.6 Å². The maximum Gasteiger partial charge on any atom is 0.248 e. The highest BCUT2D eigenvalue weighted by Gasteiger charge is 2.06. The van der Waals surface area contributed by atoms with Crippen molar-refractivity contribution in [1.82, 2.24) is 10.3 Å². The molecule has 0 saturated carbocycles. The molecule has 0 aliphatic rings. The van der Waals surface area contributed by atoms with Crippen LogP contribution >= 0.6 is 0 Å². The van der Waals surface area contributed by atoms with E-state index in [1.165, 1.54) is 6.07 Å². The minimum Gasteiger partial charge on any atom is -0.366 e. The van der Waals surface area contributed by atoms with E-state index in [1.54, 1.807) is 12.3 Å². The Morgan fingerprint density at radius 1 is 1.26 bits per heavy atom. The summed E-state index contributed by atoms with van der Waals surface area (Å²) < 4.78 is 13.7. The molecular weight excluding hydrogens is 245 g/mol. The Labute approximate surface area is 110 Å². The summed E-state index contributed by atoms with van der Waals surface area (Å²) in [4.78, 5) is 15.0. The molecule has 0 bridgehead atoms. The molecule has 1 aromatic carbocycles. The third-order valence-corrected chi connectivity index (χ3v) is 2.69. The number of pyridine rings is 1. The van der Waals surface area contributed by atoms with Crippen molar-refractivity contribution in [3.8, 4) is 0 Å². The van der Waals surface area contributed by atoms with Crippen molar-refractivity contribution in [2.24, 2.45) is 5.73 Å². The van der Waals surface area contributed by atoms with Crippen LogP contribution in [0.25, 0.3) is 0 Å². The minimum absolute atomic E-state index is 0.172. The first kappa shape index (κ1) is 13.2. The zero-order chi connectivity index (χ0) is 13.7. The van der Waals surface area contributed by atoms with Gasteiger partial charge in [0, 0.05) is 30.4 Å². The smallest absolute Gasteiger partial charge is 0.248 e. The van der Waals surface area contributed by atoms with Gasteiger partial charge in [0.05, 0.1) is 5.69 Å². The summed E-state index contributed by atoms with van der Waals surface area (Å²) in [5, 5.41) is 3.09. The van der Waals surface area contributed by atoms with Crippen LogP contribution in [0.3, 0.4) is 0 Å². The number of rotatable bonds is 5. The second-order valence-electron chi connectivity index (χ2n) is 4.10. The summed E-state index contributed by atoms with van der Waals surface area (Å²) in [6.07, 6.45) is 1.71. The number of amides is 1. The predicted octanol–water partition coefficient (Wildman–Crippen LogP) is 1.61. The molecule has 4 nitrogen and oxygen atoms in total. The topological polar surface area (TPSA) is 68.0 Å². The van der Waals surface area contributed by atoms with Gasteiger partial charge in [-0.2, -0.15) is 0 Å². The maximum atomic E-state index is 13.7. The van der Waals surface area contributed by atoms with Gasteiger partial charge >= 0.3 is 0 Å². The van der Waals surface area contributed by atoms with E-state index in [0.29, 0.717) is 18.7 Å². The molecule has 0 spiro atoms. The van der Waals surface area contributed by atoms with Crippen LogP contribution in [0.4, 0.5) is 4.39 Å². The lowest BCUT2D eigenvalue weighted by Crippen LogP contribution is -2.16. The molecule has 3 N–H and O–H groups in total. The number of hydrogen-bond acceptors (Lipinski definition) is 3. The number of aromatic nitrogens is 1. The van der Waals surface area contributed by atoms with E-state index < -0.39 is 11.7 Å².